The van der Waals surface area contributed by atoms with Gasteiger partial charge in [-0.25, -0.2) is 0 Å². The summed E-state index contributed by atoms with van der Waals surface area (Å²) in [6.07, 6.45) is 4.89. The second-order valence-corrected chi connectivity index (χ2v) is 8.02. The van der Waals surface area contributed by atoms with Crippen molar-refractivity contribution in [2.24, 2.45) is 11.7 Å². The average molecular weight is 365 g/mol. The Balaban J connectivity index is 1.26. The molecule has 1 saturated heterocycles. The van der Waals surface area contributed by atoms with Gasteiger partial charge in [0.2, 0.25) is 0 Å². The van der Waals surface area contributed by atoms with Crippen LogP contribution in [0.15, 0.2) is 54.6 Å². The minimum absolute atomic E-state index is 0.433. The van der Waals surface area contributed by atoms with Gasteiger partial charge in [-0.2, -0.15) is 0 Å². The molecule has 1 saturated carbocycles. The number of para-hydroxylation sites is 1. The number of nitrogens with two attached hydrogens (primary N) is 1. The number of nitrogens with zero attached hydrogens (tertiary/aromatic N) is 2. The van der Waals surface area contributed by atoms with Crippen molar-refractivity contribution in [2.45, 2.75) is 31.7 Å². The second kappa shape index (κ2) is 8.66. The molecule has 0 unspecified atom stereocenters. The van der Waals surface area contributed by atoms with Crippen LogP contribution in [-0.2, 0) is 0 Å². The van der Waals surface area contributed by atoms with Gasteiger partial charge in [-0.05, 0) is 68.0 Å². The Morgan fingerprint density at radius 1 is 0.741 bits per heavy atom. The average Bonchev–Trinajstić information content (AvgIpc) is 2.75. The van der Waals surface area contributed by atoms with E-state index in [-0.39, 0.29) is 0 Å². The number of benzene rings is 2. The Bertz CT molecular complexity index is 684. The first-order chi connectivity index (χ1) is 13.3. The van der Waals surface area contributed by atoms with E-state index in [0.717, 1.165) is 38.6 Å². The first kappa shape index (κ1) is 18.2. The largest absolute Gasteiger partial charge is 0.385 e. The van der Waals surface area contributed by atoms with Crippen molar-refractivity contribution in [1.29, 1.82) is 0 Å². The van der Waals surface area contributed by atoms with E-state index in [1.165, 1.54) is 42.7 Å². The standard InChI is InChI=1S/C23H32N4/c24-20-8-6-19(7-9-20)18-25-21-10-12-23(13-11-21)27-16-14-26(15-17-27)22-4-2-1-3-5-22/h1-5,10-13,19-20,25H,6-9,14-18,24H2. The number of piperazine rings is 1. The van der Waals surface area contributed by atoms with Gasteiger partial charge in [0.25, 0.3) is 0 Å². The maximum atomic E-state index is 6.01. The van der Waals surface area contributed by atoms with E-state index in [9.17, 15) is 0 Å². The predicted octanol–water partition coefficient (Wildman–Crippen LogP) is 3.94. The molecule has 4 nitrogen and oxygen atoms in total. The third kappa shape index (κ3) is 4.75. The Hall–Kier alpha value is -2.20. The van der Waals surface area contributed by atoms with Crippen molar-refractivity contribution in [3.8, 4) is 0 Å². The molecular weight excluding hydrogens is 332 g/mol. The van der Waals surface area contributed by atoms with Crippen LogP contribution in [0.5, 0.6) is 0 Å². The number of anilines is 3. The zero-order valence-corrected chi connectivity index (χ0v) is 16.2. The van der Waals surface area contributed by atoms with Crippen molar-refractivity contribution < 1.29 is 0 Å². The lowest BCUT2D eigenvalue weighted by Gasteiger charge is -2.37. The van der Waals surface area contributed by atoms with Crippen molar-refractivity contribution in [1.82, 2.24) is 0 Å². The molecular formula is C23H32N4. The van der Waals surface area contributed by atoms with Crippen LogP contribution in [0.3, 0.4) is 0 Å². The summed E-state index contributed by atoms with van der Waals surface area (Å²) in [5.41, 5.74) is 9.90. The van der Waals surface area contributed by atoms with Crippen LogP contribution in [-0.4, -0.2) is 38.8 Å². The Labute approximate surface area is 163 Å². The molecule has 0 spiro atoms. The number of hydrogen-bond acceptors (Lipinski definition) is 4. The highest BCUT2D eigenvalue weighted by Crippen LogP contribution is 2.25. The molecule has 4 heteroatoms. The lowest BCUT2D eigenvalue weighted by atomic mass is 9.86. The molecule has 0 atom stereocenters. The van der Waals surface area contributed by atoms with Crippen LogP contribution in [0.1, 0.15) is 25.7 Å². The maximum Gasteiger partial charge on any atom is 0.0368 e. The Morgan fingerprint density at radius 3 is 1.89 bits per heavy atom. The summed E-state index contributed by atoms with van der Waals surface area (Å²) in [6, 6.07) is 20.1. The second-order valence-electron chi connectivity index (χ2n) is 8.02. The van der Waals surface area contributed by atoms with E-state index in [0.29, 0.717) is 6.04 Å². The summed E-state index contributed by atoms with van der Waals surface area (Å²) < 4.78 is 0. The fraction of sp³-hybridized carbons (Fsp3) is 0.478. The number of nitrogens with one attached hydrogen (secondary N) is 1. The summed E-state index contributed by atoms with van der Waals surface area (Å²) in [7, 11) is 0. The van der Waals surface area contributed by atoms with Gasteiger partial charge >= 0.3 is 0 Å². The van der Waals surface area contributed by atoms with E-state index in [2.05, 4.69) is 69.7 Å². The molecule has 2 fully saturated rings. The van der Waals surface area contributed by atoms with Crippen LogP contribution >= 0.6 is 0 Å². The summed E-state index contributed by atoms with van der Waals surface area (Å²) >= 11 is 0. The lowest BCUT2D eigenvalue weighted by molar-refractivity contribution is 0.339. The Kier molecular flexibility index (Phi) is 5.83. The number of rotatable bonds is 5. The van der Waals surface area contributed by atoms with Gasteiger partial charge in [-0.15, -0.1) is 0 Å². The van der Waals surface area contributed by atoms with Crippen LogP contribution in [0.4, 0.5) is 17.1 Å². The van der Waals surface area contributed by atoms with Gasteiger partial charge in [0, 0.05) is 55.8 Å². The number of hydrogen-bond donors (Lipinski definition) is 2. The fourth-order valence-corrected chi connectivity index (χ4v) is 4.31. The molecule has 2 aliphatic rings. The zero-order valence-electron chi connectivity index (χ0n) is 16.2. The third-order valence-corrected chi connectivity index (χ3v) is 6.12. The molecule has 0 aromatic heterocycles. The summed E-state index contributed by atoms with van der Waals surface area (Å²) in [5, 5.41) is 3.62. The maximum absolute atomic E-state index is 6.01. The molecule has 144 valence electrons. The van der Waals surface area contributed by atoms with Gasteiger partial charge in [0.05, 0.1) is 0 Å². The summed E-state index contributed by atoms with van der Waals surface area (Å²) in [4.78, 5) is 4.97. The van der Waals surface area contributed by atoms with Crippen molar-refractivity contribution in [3.63, 3.8) is 0 Å². The minimum atomic E-state index is 0.433. The van der Waals surface area contributed by atoms with Crippen LogP contribution in [0.25, 0.3) is 0 Å². The SMILES string of the molecule is NC1CCC(CNc2ccc(N3CCN(c4ccccc4)CC3)cc2)CC1. The molecule has 3 N–H and O–H groups in total. The van der Waals surface area contributed by atoms with Crippen LogP contribution in [0, 0.1) is 5.92 Å². The normalized spacial score (nSPS) is 23.3. The highest BCUT2D eigenvalue weighted by atomic mass is 15.3. The fourth-order valence-electron chi connectivity index (χ4n) is 4.31. The molecule has 4 rings (SSSR count). The summed E-state index contributed by atoms with van der Waals surface area (Å²) in [5.74, 6) is 0.774. The molecule has 1 heterocycles. The highest BCUT2D eigenvalue weighted by Gasteiger charge is 2.19. The van der Waals surface area contributed by atoms with Crippen molar-refractivity contribution in [2.75, 3.05) is 47.8 Å². The van der Waals surface area contributed by atoms with Gasteiger partial charge in [-0.3, -0.25) is 0 Å². The Morgan fingerprint density at radius 2 is 1.30 bits per heavy atom. The van der Waals surface area contributed by atoms with E-state index in [1.54, 1.807) is 0 Å². The first-order valence-corrected chi connectivity index (χ1v) is 10.4. The smallest absolute Gasteiger partial charge is 0.0368 e. The van der Waals surface area contributed by atoms with Gasteiger partial charge in [0.1, 0.15) is 0 Å². The highest BCUT2D eigenvalue weighted by molar-refractivity contribution is 5.56. The predicted molar refractivity (Wildman–Crippen MR) is 116 cm³/mol. The van der Waals surface area contributed by atoms with Gasteiger partial charge < -0.3 is 20.9 Å². The molecule has 2 aromatic carbocycles. The zero-order chi connectivity index (χ0) is 18.5. The monoisotopic (exact) mass is 364 g/mol. The topological polar surface area (TPSA) is 44.5 Å². The van der Waals surface area contributed by atoms with Crippen LogP contribution < -0.4 is 20.9 Å². The molecule has 0 bridgehead atoms. The molecule has 0 radical (unpaired) electrons. The first-order valence-electron chi connectivity index (χ1n) is 10.4. The molecule has 27 heavy (non-hydrogen) atoms. The van der Waals surface area contributed by atoms with Crippen molar-refractivity contribution >= 4 is 17.1 Å². The molecule has 1 aliphatic heterocycles. The minimum Gasteiger partial charge on any atom is -0.385 e. The van der Waals surface area contributed by atoms with Crippen LogP contribution in [0.2, 0.25) is 0 Å². The third-order valence-electron chi connectivity index (χ3n) is 6.12. The van der Waals surface area contributed by atoms with E-state index < -0.39 is 0 Å². The lowest BCUT2D eigenvalue weighted by Crippen LogP contribution is -2.46. The summed E-state index contributed by atoms with van der Waals surface area (Å²) in [6.45, 7) is 5.37. The van der Waals surface area contributed by atoms with E-state index in [1.807, 2.05) is 0 Å². The van der Waals surface area contributed by atoms with E-state index >= 15 is 0 Å². The quantitative estimate of drug-likeness (QED) is 0.843. The molecule has 1 aliphatic carbocycles. The van der Waals surface area contributed by atoms with Gasteiger partial charge in [-0.1, -0.05) is 18.2 Å². The molecule has 0 amide bonds. The van der Waals surface area contributed by atoms with Gasteiger partial charge in [0.15, 0.2) is 0 Å². The van der Waals surface area contributed by atoms with Crippen molar-refractivity contribution in [3.05, 3.63) is 54.6 Å². The molecule has 2 aromatic rings. The van der Waals surface area contributed by atoms with E-state index in [4.69, 9.17) is 5.73 Å².